The van der Waals surface area contributed by atoms with E-state index in [-0.39, 0.29) is 36.3 Å². The van der Waals surface area contributed by atoms with Gasteiger partial charge in [-0.2, -0.15) is 0 Å². The fourth-order valence-electron chi connectivity index (χ4n) is 3.09. The topological polar surface area (TPSA) is 41.8 Å². The maximum Gasteiger partial charge on any atom is 0.222 e. The number of ether oxygens (including phenoxy) is 1. The summed E-state index contributed by atoms with van der Waals surface area (Å²) in [5.41, 5.74) is 2.70. The smallest absolute Gasteiger partial charge is 0.222 e. The van der Waals surface area contributed by atoms with Gasteiger partial charge in [0.25, 0.3) is 0 Å². The van der Waals surface area contributed by atoms with Gasteiger partial charge in [0.1, 0.15) is 35.6 Å². The van der Waals surface area contributed by atoms with Crippen LogP contribution in [0, 0.1) is 0 Å². The molecule has 1 N–H and O–H groups in total. The van der Waals surface area contributed by atoms with Crippen LogP contribution in [-0.4, -0.2) is 17.6 Å². The second kappa shape index (κ2) is 9.32. The van der Waals surface area contributed by atoms with Gasteiger partial charge in [-0.05, 0) is 34.9 Å². The molecule has 1 aliphatic carbocycles. The Balaban J connectivity index is 0.00000117. The first-order valence-corrected chi connectivity index (χ1v) is 9.63. The van der Waals surface area contributed by atoms with Crippen LogP contribution in [0.1, 0.15) is 31.9 Å². The van der Waals surface area contributed by atoms with Gasteiger partial charge in [0.05, 0.1) is 0 Å². The van der Waals surface area contributed by atoms with Crippen LogP contribution in [0.5, 0.6) is 5.75 Å². The van der Waals surface area contributed by atoms with Crippen LogP contribution in [0.3, 0.4) is 0 Å². The Bertz CT molecular complexity index is 971. The zero-order chi connectivity index (χ0) is 20.8. The minimum Gasteiger partial charge on any atom is -0.508 e. The number of halogens is 2. The lowest BCUT2D eigenvalue weighted by Crippen LogP contribution is -2.06. The van der Waals surface area contributed by atoms with Crippen LogP contribution in [0.25, 0.3) is 11.1 Å². The number of phenolic OH excluding ortho intramolecular Hbond substituents is 1. The van der Waals surface area contributed by atoms with Gasteiger partial charge in [0, 0.05) is 6.42 Å². The highest BCUT2D eigenvalue weighted by molar-refractivity contribution is 5.99. The van der Waals surface area contributed by atoms with Crippen LogP contribution in [0.15, 0.2) is 89.0 Å². The average molecular weight is 395 g/mol. The van der Waals surface area contributed by atoms with Gasteiger partial charge in [-0.3, -0.25) is 0 Å². The predicted molar refractivity (Wildman–Crippen MR) is 112 cm³/mol. The van der Waals surface area contributed by atoms with Gasteiger partial charge < -0.3 is 9.84 Å². The van der Waals surface area contributed by atoms with Crippen molar-refractivity contribution in [3.8, 4) is 16.9 Å². The largest absolute Gasteiger partial charge is 0.508 e. The summed E-state index contributed by atoms with van der Waals surface area (Å²) in [5.74, 6) is -1.03. The maximum atomic E-state index is 14.2. The van der Waals surface area contributed by atoms with E-state index in [0.29, 0.717) is 0 Å². The molecule has 29 heavy (non-hydrogen) atoms. The fraction of sp³-hybridized carbons (Fsp3) is 0.208. The molecule has 1 heterocycles. The lowest BCUT2D eigenvalue weighted by molar-refractivity contribution is 0.317. The molecule has 4 rings (SSSR count). The van der Waals surface area contributed by atoms with Gasteiger partial charge in [0.15, 0.2) is 0 Å². The highest BCUT2D eigenvalue weighted by Gasteiger charge is 2.28. The van der Waals surface area contributed by atoms with E-state index in [1.165, 1.54) is 12.2 Å². The van der Waals surface area contributed by atoms with Crippen LogP contribution in [0.2, 0.25) is 0 Å². The summed E-state index contributed by atoms with van der Waals surface area (Å²) < 4.78 is 33.8. The summed E-state index contributed by atoms with van der Waals surface area (Å²) in [6, 6.07) is 14.4. The van der Waals surface area contributed by atoms with Crippen LogP contribution in [-0.2, 0) is 4.74 Å². The number of hydrogen-bond donors (Lipinski definition) is 1. The Labute approximate surface area is 169 Å². The van der Waals surface area contributed by atoms with Crippen molar-refractivity contribution >= 4 is 5.90 Å². The molecule has 1 unspecified atom stereocenters. The quantitative estimate of drug-likeness (QED) is 0.637. The van der Waals surface area contributed by atoms with Crippen molar-refractivity contribution < 1.29 is 18.6 Å². The third-order valence-electron chi connectivity index (χ3n) is 4.55. The van der Waals surface area contributed by atoms with E-state index in [4.69, 9.17) is 4.74 Å². The monoisotopic (exact) mass is 395 g/mol. The number of benzene rings is 2. The third-order valence-corrected chi connectivity index (χ3v) is 4.55. The molecule has 150 valence electrons. The van der Waals surface area contributed by atoms with Crippen molar-refractivity contribution in [3.05, 3.63) is 89.5 Å². The van der Waals surface area contributed by atoms with Crippen LogP contribution in [0.4, 0.5) is 8.78 Å². The molecule has 5 heteroatoms. The van der Waals surface area contributed by atoms with Crippen molar-refractivity contribution in [2.45, 2.75) is 26.3 Å². The number of allylic oxidation sites excluding steroid dienone is 4. The molecule has 0 spiro atoms. The van der Waals surface area contributed by atoms with E-state index in [2.05, 4.69) is 4.99 Å². The predicted octanol–water partition coefficient (Wildman–Crippen LogP) is 6.59. The number of hydrogen-bond acceptors (Lipinski definition) is 3. The SMILES string of the molecule is CC.Oc1ccc(-c2ccc(C3COC(C4=C(F)CC=CC=C4F)=N3)cc2)cc1. The van der Waals surface area contributed by atoms with Crippen molar-refractivity contribution in [3.63, 3.8) is 0 Å². The molecule has 0 radical (unpaired) electrons. The van der Waals surface area contributed by atoms with Crippen LogP contribution < -0.4 is 0 Å². The first-order valence-electron chi connectivity index (χ1n) is 9.63. The Morgan fingerprint density at radius 3 is 2.24 bits per heavy atom. The summed E-state index contributed by atoms with van der Waals surface area (Å²) in [6.07, 6.45) is 4.27. The second-order valence-corrected chi connectivity index (χ2v) is 6.36. The Morgan fingerprint density at radius 2 is 1.59 bits per heavy atom. The maximum absolute atomic E-state index is 14.2. The van der Waals surface area contributed by atoms with E-state index < -0.39 is 11.7 Å². The first kappa shape index (κ1) is 20.5. The molecular weight excluding hydrogens is 372 g/mol. The molecule has 1 atom stereocenters. The standard InChI is InChI=1S/C22H17F2NO2.C2H6/c23-18-3-1-2-4-19(24)21(18)22-25-20(13-27-22)16-7-5-14(6-8-16)15-9-11-17(26)12-10-15;1-2/h1-3,5-12,20,26H,4,13H2;1-2H3. The van der Waals surface area contributed by atoms with E-state index in [1.54, 1.807) is 18.2 Å². The summed E-state index contributed by atoms with van der Waals surface area (Å²) in [5, 5.41) is 9.38. The summed E-state index contributed by atoms with van der Waals surface area (Å²) in [7, 11) is 0. The minimum absolute atomic E-state index is 0.0116. The fourth-order valence-corrected chi connectivity index (χ4v) is 3.09. The molecule has 2 aliphatic rings. The van der Waals surface area contributed by atoms with Gasteiger partial charge in [-0.1, -0.05) is 62.4 Å². The highest BCUT2D eigenvalue weighted by atomic mass is 19.1. The van der Waals surface area contributed by atoms with E-state index in [9.17, 15) is 13.9 Å². The molecule has 3 nitrogen and oxygen atoms in total. The number of aliphatic imine (C=N–C) groups is 1. The van der Waals surface area contributed by atoms with Crippen molar-refractivity contribution in [1.82, 2.24) is 0 Å². The molecule has 0 saturated carbocycles. The zero-order valence-electron chi connectivity index (χ0n) is 16.4. The summed E-state index contributed by atoms with van der Waals surface area (Å²) >= 11 is 0. The summed E-state index contributed by atoms with van der Waals surface area (Å²) in [4.78, 5) is 4.39. The molecule has 2 aromatic rings. The Morgan fingerprint density at radius 1 is 0.966 bits per heavy atom. The van der Waals surface area contributed by atoms with E-state index in [0.717, 1.165) is 16.7 Å². The number of rotatable bonds is 3. The summed E-state index contributed by atoms with van der Waals surface area (Å²) in [6.45, 7) is 4.24. The average Bonchev–Trinajstić information content (AvgIpc) is 3.16. The van der Waals surface area contributed by atoms with Crippen LogP contribution >= 0.6 is 0 Å². The Hall–Kier alpha value is -3.21. The van der Waals surface area contributed by atoms with Crippen molar-refractivity contribution in [1.29, 1.82) is 0 Å². The highest BCUT2D eigenvalue weighted by Crippen LogP contribution is 2.32. The van der Waals surface area contributed by atoms with E-state index in [1.807, 2.05) is 50.2 Å². The second-order valence-electron chi connectivity index (χ2n) is 6.36. The third kappa shape index (κ3) is 4.62. The first-order chi connectivity index (χ1) is 14.1. The minimum atomic E-state index is -0.677. The molecule has 2 aromatic carbocycles. The van der Waals surface area contributed by atoms with Gasteiger partial charge in [-0.25, -0.2) is 13.8 Å². The van der Waals surface area contributed by atoms with E-state index >= 15 is 0 Å². The molecule has 0 amide bonds. The molecule has 0 aromatic heterocycles. The zero-order valence-corrected chi connectivity index (χ0v) is 16.4. The lowest BCUT2D eigenvalue weighted by Gasteiger charge is -2.07. The van der Waals surface area contributed by atoms with Crippen molar-refractivity contribution in [2.24, 2.45) is 4.99 Å². The molecular formula is C24H23F2NO2. The molecule has 0 fully saturated rings. The normalized spacial score (nSPS) is 18.3. The molecule has 0 bridgehead atoms. The Kier molecular flexibility index (Phi) is 6.60. The number of nitrogens with zero attached hydrogens (tertiary/aromatic N) is 1. The lowest BCUT2D eigenvalue weighted by atomic mass is 10.0. The number of phenols is 1. The molecule has 0 saturated heterocycles. The molecule has 1 aliphatic heterocycles. The van der Waals surface area contributed by atoms with Gasteiger partial charge in [-0.15, -0.1) is 0 Å². The van der Waals surface area contributed by atoms with Gasteiger partial charge in [0.2, 0.25) is 5.90 Å². The van der Waals surface area contributed by atoms with Crippen molar-refractivity contribution in [2.75, 3.05) is 6.61 Å². The van der Waals surface area contributed by atoms with Gasteiger partial charge >= 0.3 is 0 Å². The number of aromatic hydroxyl groups is 1.